The summed E-state index contributed by atoms with van der Waals surface area (Å²) in [5, 5.41) is 0. The number of benzene rings is 1. The van der Waals surface area contributed by atoms with Gasteiger partial charge in [-0.3, -0.25) is 4.99 Å². The van der Waals surface area contributed by atoms with Crippen molar-refractivity contribution in [3.05, 3.63) is 28.7 Å². The first kappa shape index (κ1) is 13.6. The first-order chi connectivity index (χ1) is 10.1. The smallest absolute Gasteiger partial charge is 0.196 e. The highest BCUT2D eigenvalue weighted by Crippen LogP contribution is 2.47. The van der Waals surface area contributed by atoms with Crippen LogP contribution in [-0.2, 0) is 0 Å². The molecular formula is C16H21BrN4. The molecule has 0 saturated carbocycles. The molecule has 5 heteroatoms. The number of guanidine groups is 1. The molecule has 4 nitrogen and oxygen atoms in total. The number of para-hydroxylation sites is 1. The number of nitrogens with zero attached hydrogens (tertiary/aromatic N) is 3. The Kier molecular flexibility index (Phi) is 3.05. The van der Waals surface area contributed by atoms with Gasteiger partial charge >= 0.3 is 0 Å². The van der Waals surface area contributed by atoms with Gasteiger partial charge in [-0.2, -0.15) is 0 Å². The van der Waals surface area contributed by atoms with Crippen LogP contribution in [0.1, 0.15) is 25.7 Å². The molecule has 1 aromatic rings. The highest BCUT2D eigenvalue weighted by molar-refractivity contribution is 9.10. The molecule has 0 aromatic heterocycles. The Morgan fingerprint density at radius 1 is 1.24 bits per heavy atom. The van der Waals surface area contributed by atoms with Crippen molar-refractivity contribution in [3.63, 3.8) is 0 Å². The van der Waals surface area contributed by atoms with E-state index in [1.165, 1.54) is 12.8 Å². The summed E-state index contributed by atoms with van der Waals surface area (Å²) in [7, 11) is 2.27. The average Bonchev–Trinajstić information content (AvgIpc) is 2.87. The third-order valence-corrected chi connectivity index (χ3v) is 6.22. The van der Waals surface area contributed by atoms with E-state index in [1.54, 1.807) is 0 Å². The van der Waals surface area contributed by atoms with Gasteiger partial charge in [0.05, 0.1) is 17.8 Å². The van der Waals surface area contributed by atoms with Crippen molar-refractivity contribution in [2.24, 2.45) is 10.7 Å². The fraction of sp³-hybridized carbons (Fsp3) is 0.562. The number of fused-ring (bicyclic) bond motifs is 2. The van der Waals surface area contributed by atoms with Crippen LogP contribution in [0.5, 0.6) is 0 Å². The average molecular weight is 349 g/mol. The van der Waals surface area contributed by atoms with E-state index in [2.05, 4.69) is 56.0 Å². The van der Waals surface area contributed by atoms with Gasteiger partial charge in [0.2, 0.25) is 0 Å². The fourth-order valence-electron chi connectivity index (χ4n) is 4.48. The van der Waals surface area contributed by atoms with E-state index in [0.717, 1.165) is 29.5 Å². The Morgan fingerprint density at radius 3 is 2.57 bits per heavy atom. The zero-order valence-electron chi connectivity index (χ0n) is 12.3. The minimum atomic E-state index is 0.0757. The predicted molar refractivity (Wildman–Crippen MR) is 89.6 cm³/mol. The third-order valence-electron chi connectivity index (χ3n) is 5.55. The summed E-state index contributed by atoms with van der Waals surface area (Å²) in [4.78, 5) is 9.48. The molecule has 2 bridgehead atoms. The molecule has 21 heavy (non-hydrogen) atoms. The van der Waals surface area contributed by atoms with Gasteiger partial charge in [0.15, 0.2) is 5.96 Å². The molecule has 0 radical (unpaired) electrons. The van der Waals surface area contributed by atoms with Gasteiger partial charge in [-0.05, 0) is 60.8 Å². The summed E-state index contributed by atoms with van der Waals surface area (Å²) in [5.74, 6) is 0.672. The number of hydrogen-bond donors (Lipinski definition) is 1. The van der Waals surface area contributed by atoms with E-state index in [-0.39, 0.29) is 5.54 Å². The minimum Gasteiger partial charge on any atom is -0.369 e. The van der Waals surface area contributed by atoms with Gasteiger partial charge in [0.1, 0.15) is 0 Å². The van der Waals surface area contributed by atoms with Crippen LogP contribution in [0, 0.1) is 0 Å². The van der Waals surface area contributed by atoms with E-state index in [9.17, 15) is 0 Å². The molecule has 0 aliphatic carbocycles. The quantitative estimate of drug-likeness (QED) is 0.848. The van der Waals surface area contributed by atoms with E-state index in [0.29, 0.717) is 18.0 Å². The Labute approximate surface area is 134 Å². The lowest BCUT2D eigenvalue weighted by Crippen LogP contribution is -2.60. The Hall–Kier alpha value is -1.07. The summed E-state index contributed by atoms with van der Waals surface area (Å²) in [5.41, 5.74) is 7.50. The third kappa shape index (κ3) is 1.94. The van der Waals surface area contributed by atoms with E-state index < -0.39 is 0 Å². The second-order valence-electron chi connectivity index (χ2n) is 6.64. The molecule has 3 aliphatic heterocycles. The van der Waals surface area contributed by atoms with Crippen molar-refractivity contribution in [1.82, 2.24) is 4.90 Å². The summed E-state index contributed by atoms with van der Waals surface area (Å²) in [6.07, 6.45) is 4.94. The number of anilines is 1. The molecule has 2 atom stereocenters. The number of nitrogens with two attached hydrogens (primary N) is 1. The van der Waals surface area contributed by atoms with Crippen LogP contribution < -0.4 is 10.6 Å². The molecule has 1 spiro atoms. The van der Waals surface area contributed by atoms with Crippen LogP contribution in [0.25, 0.3) is 0 Å². The van der Waals surface area contributed by atoms with Crippen molar-refractivity contribution in [2.45, 2.75) is 43.3 Å². The molecule has 4 rings (SSSR count). The van der Waals surface area contributed by atoms with Crippen molar-refractivity contribution in [1.29, 1.82) is 0 Å². The van der Waals surface area contributed by atoms with Crippen molar-refractivity contribution >= 4 is 27.6 Å². The van der Waals surface area contributed by atoms with Gasteiger partial charge in [-0.1, -0.05) is 12.1 Å². The summed E-state index contributed by atoms with van der Waals surface area (Å²) in [6, 6.07) is 9.69. The second-order valence-corrected chi connectivity index (χ2v) is 7.50. The lowest BCUT2D eigenvalue weighted by molar-refractivity contribution is 0.122. The lowest BCUT2D eigenvalue weighted by Gasteiger charge is -2.48. The maximum Gasteiger partial charge on any atom is 0.196 e. The molecule has 2 fully saturated rings. The highest BCUT2D eigenvalue weighted by atomic mass is 79.9. The lowest BCUT2D eigenvalue weighted by atomic mass is 9.82. The number of aliphatic imine (C=N–C) groups is 1. The maximum absolute atomic E-state index is 6.27. The van der Waals surface area contributed by atoms with Crippen LogP contribution in [0.3, 0.4) is 0 Å². The van der Waals surface area contributed by atoms with Crippen LogP contribution in [0.2, 0.25) is 0 Å². The highest BCUT2D eigenvalue weighted by Gasteiger charge is 2.53. The molecule has 2 saturated heterocycles. The first-order valence-electron chi connectivity index (χ1n) is 7.67. The van der Waals surface area contributed by atoms with Crippen LogP contribution in [-0.4, -0.2) is 42.1 Å². The molecule has 3 heterocycles. The summed E-state index contributed by atoms with van der Waals surface area (Å²) < 4.78 is 1.09. The molecule has 2 unspecified atom stereocenters. The van der Waals surface area contributed by atoms with Gasteiger partial charge in [-0.15, -0.1) is 0 Å². The molecule has 112 valence electrons. The predicted octanol–water partition coefficient (Wildman–Crippen LogP) is 2.58. The summed E-state index contributed by atoms with van der Waals surface area (Å²) in [6.45, 7) is 0.834. The van der Waals surface area contributed by atoms with E-state index in [4.69, 9.17) is 5.73 Å². The SMILES string of the molecule is CN1C2CCC1CC1(CN=C(N)N1c1ccccc1Br)C2. The van der Waals surface area contributed by atoms with E-state index >= 15 is 0 Å². The largest absolute Gasteiger partial charge is 0.369 e. The monoisotopic (exact) mass is 348 g/mol. The van der Waals surface area contributed by atoms with Crippen molar-refractivity contribution in [3.8, 4) is 0 Å². The molecular weight excluding hydrogens is 328 g/mol. The summed E-state index contributed by atoms with van der Waals surface area (Å²) >= 11 is 3.68. The Bertz CT molecular complexity index is 586. The zero-order chi connectivity index (χ0) is 14.6. The Morgan fingerprint density at radius 2 is 1.90 bits per heavy atom. The number of piperidine rings is 1. The van der Waals surface area contributed by atoms with Crippen molar-refractivity contribution in [2.75, 3.05) is 18.5 Å². The maximum atomic E-state index is 6.27. The van der Waals surface area contributed by atoms with Crippen LogP contribution in [0.15, 0.2) is 33.7 Å². The molecule has 0 amide bonds. The first-order valence-corrected chi connectivity index (χ1v) is 8.47. The van der Waals surface area contributed by atoms with Crippen LogP contribution >= 0.6 is 15.9 Å². The minimum absolute atomic E-state index is 0.0757. The zero-order valence-corrected chi connectivity index (χ0v) is 13.9. The van der Waals surface area contributed by atoms with Gasteiger partial charge in [0.25, 0.3) is 0 Å². The second kappa shape index (κ2) is 4.71. The number of hydrogen-bond acceptors (Lipinski definition) is 4. The van der Waals surface area contributed by atoms with Gasteiger partial charge in [-0.25, -0.2) is 0 Å². The number of halogens is 1. The van der Waals surface area contributed by atoms with Crippen molar-refractivity contribution < 1.29 is 0 Å². The Balaban J connectivity index is 1.75. The molecule has 3 aliphatic rings. The van der Waals surface area contributed by atoms with Gasteiger partial charge in [0, 0.05) is 16.6 Å². The van der Waals surface area contributed by atoms with Crippen LogP contribution in [0.4, 0.5) is 5.69 Å². The van der Waals surface area contributed by atoms with E-state index in [1.807, 2.05) is 6.07 Å². The normalized spacial score (nSPS) is 35.5. The topological polar surface area (TPSA) is 44.9 Å². The molecule has 2 N–H and O–H groups in total. The number of rotatable bonds is 1. The molecule has 1 aromatic carbocycles. The standard InChI is InChI=1S/C16H21BrN4/c1-20-11-6-7-12(20)9-16(8-11)10-19-15(18)21(16)14-5-3-2-4-13(14)17/h2-5,11-12H,6-10H2,1H3,(H2,18,19). The fourth-order valence-corrected chi connectivity index (χ4v) is 4.94. The van der Waals surface area contributed by atoms with Gasteiger partial charge < -0.3 is 15.5 Å².